The Bertz CT molecular complexity index is 221. The van der Waals surface area contributed by atoms with E-state index in [1.54, 1.807) is 9.36 Å². The summed E-state index contributed by atoms with van der Waals surface area (Å²) in [6, 6.07) is 0. The van der Waals surface area contributed by atoms with Gasteiger partial charge in [0, 0.05) is 5.88 Å². The van der Waals surface area contributed by atoms with Crippen molar-refractivity contribution in [1.82, 2.24) is 0 Å². The van der Waals surface area contributed by atoms with Gasteiger partial charge in [0.15, 0.2) is 0 Å². The van der Waals surface area contributed by atoms with E-state index in [-0.39, 0.29) is 23.2 Å². The van der Waals surface area contributed by atoms with Crippen molar-refractivity contribution >= 4 is 11.6 Å². The van der Waals surface area contributed by atoms with Crippen LogP contribution in [0.3, 0.4) is 0 Å². The van der Waals surface area contributed by atoms with Gasteiger partial charge in [0.2, 0.25) is 0 Å². The van der Waals surface area contributed by atoms with Gasteiger partial charge in [-0.05, 0) is 0 Å². The first-order valence-corrected chi connectivity index (χ1v) is 7.79. The second-order valence-electron chi connectivity index (χ2n) is 4.14. The topological polar surface area (TPSA) is 0 Å². The number of halogens is 1. The molecule has 0 spiro atoms. The van der Waals surface area contributed by atoms with Crippen LogP contribution in [0.2, 0.25) is 3.12 Å². The molecule has 0 saturated carbocycles. The molecular formula is C12H19ClZr. The van der Waals surface area contributed by atoms with E-state index in [0.717, 1.165) is 0 Å². The second kappa shape index (κ2) is 7.65. The van der Waals surface area contributed by atoms with Gasteiger partial charge in [-0.1, -0.05) is 6.08 Å². The Morgan fingerprint density at radius 3 is 2.43 bits per heavy atom. The van der Waals surface area contributed by atoms with E-state index in [1.807, 2.05) is 0 Å². The fourth-order valence-electron chi connectivity index (χ4n) is 1.02. The Morgan fingerprint density at radius 2 is 2.14 bits per heavy atom. The predicted molar refractivity (Wildman–Crippen MR) is 62.5 cm³/mol. The zero-order valence-electron chi connectivity index (χ0n) is 9.31. The first-order chi connectivity index (χ1) is 6.49. The van der Waals surface area contributed by atoms with Crippen molar-refractivity contribution in [2.24, 2.45) is 0 Å². The SMILES string of the molecule is C=CCCl.C[C](C)(C)[Zr][C]1=CC=CC1. The molecule has 0 amide bonds. The summed E-state index contributed by atoms with van der Waals surface area (Å²) in [5.41, 5.74) is 0. The molecule has 0 heterocycles. The Labute approximate surface area is 105 Å². The number of rotatable bonds is 2. The molecule has 0 aliphatic heterocycles. The summed E-state index contributed by atoms with van der Waals surface area (Å²) >= 11 is 4.82. The zero-order chi connectivity index (χ0) is 11.0. The fraction of sp³-hybridized carbons (Fsp3) is 0.500. The third kappa shape index (κ3) is 8.97. The molecule has 0 aromatic carbocycles. The monoisotopic (exact) mass is 288 g/mol. The summed E-state index contributed by atoms with van der Waals surface area (Å²) < 4.78 is 2.37. The van der Waals surface area contributed by atoms with Gasteiger partial charge < -0.3 is 0 Å². The van der Waals surface area contributed by atoms with Gasteiger partial charge in [-0.15, -0.1) is 18.2 Å². The molecule has 14 heavy (non-hydrogen) atoms. The average molecular weight is 290 g/mol. The molecular weight excluding hydrogens is 271 g/mol. The Kier molecular flexibility index (Phi) is 7.87. The van der Waals surface area contributed by atoms with E-state index in [0.29, 0.717) is 9.00 Å². The van der Waals surface area contributed by atoms with Crippen LogP contribution in [0.15, 0.2) is 34.2 Å². The van der Waals surface area contributed by atoms with Crippen molar-refractivity contribution < 1.29 is 23.2 Å². The van der Waals surface area contributed by atoms with E-state index in [4.69, 9.17) is 11.6 Å². The van der Waals surface area contributed by atoms with Crippen LogP contribution in [-0.4, -0.2) is 5.88 Å². The van der Waals surface area contributed by atoms with Gasteiger partial charge in [0.05, 0.1) is 0 Å². The number of alkyl halides is 1. The maximum absolute atomic E-state index is 5.07. The van der Waals surface area contributed by atoms with Gasteiger partial charge in [0.25, 0.3) is 0 Å². The molecule has 0 unspecified atom stereocenters. The van der Waals surface area contributed by atoms with Crippen molar-refractivity contribution in [3.05, 3.63) is 34.2 Å². The summed E-state index contributed by atoms with van der Waals surface area (Å²) in [4.78, 5) is 0. The van der Waals surface area contributed by atoms with E-state index in [9.17, 15) is 0 Å². The molecule has 0 saturated heterocycles. The van der Waals surface area contributed by atoms with Gasteiger partial charge in [-0.25, -0.2) is 0 Å². The summed E-state index contributed by atoms with van der Waals surface area (Å²) in [6.45, 7) is 10.4. The minimum atomic E-state index is -0.247. The molecule has 1 rings (SSSR count). The Balaban J connectivity index is 0.000000364. The van der Waals surface area contributed by atoms with Crippen LogP contribution >= 0.6 is 11.6 Å². The Morgan fingerprint density at radius 1 is 1.57 bits per heavy atom. The maximum atomic E-state index is 5.07. The van der Waals surface area contributed by atoms with Crippen molar-refractivity contribution in [2.45, 2.75) is 30.3 Å². The van der Waals surface area contributed by atoms with E-state index in [1.165, 1.54) is 6.42 Å². The third-order valence-electron chi connectivity index (χ3n) is 1.42. The van der Waals surface area contributed by atoms with Gasteiger partial charge >= 0.3 is 75.1 Å². The van der Waals surface area contributed by atoms with Crippen LogP contribution in [0.5, 0.6) is 0 Å². The normalized spacial score (nSPS) is 14.1. The standard InChI is InChI=1S/C5H5.C4H9.C3H5Cl.Zr/c1-2-4-5-3-1;1-4(2)3;1-2-3-4;/h1-3H,4H2;1-3H3;2H,1,3H2;. The first kappa shape index (κ1) is 14.4. The predicted octanol–water partition coefficient (Wildman–Crippen LogP) is 4.54. The number of hydrogen-bond acceptors (Lipinski definition) is 0. The molecule has 1 aliphatic rings. The van der Waals surface area contributed by atoms with Crippen molar-refractivity contribution in [2.75, 3.05) is 5.88 Å². The van der Waals surface area contributed by atoms with Crippen molar-refractivity contribution in [3.63, 3.8) is 0 Å². The van der Waals surface area contributed by atoms with Crippen molar-refractivity contribution in [3.8, 4) is 0 Å². The van der Waals surface area contributed by atoms with Crippen LogP contribution in [0, 0.1) is 0 Å². The van der Waals surface area contributed by atoms with Crippen LogP contribution in [0.4, 0.5) is 0 Å². The quantitative estimate of drug-likeness (QED) is 0.517. The van der Waals surface area contributed by atoms with Crippen LogP contribution in [0.25, 0.3) is 0 Å². The van der Waals surface area contributed by atoms with Gasteiger partial charge in [-0.3, -0.25) is 0 Å². The molecule has 0 N–H and O–H groups in total. The molecule has 0 aromatic rings. The zero-order valence-corrected chi connectivity index (χ0v) is 12.5. The van der Waals surface area contributed by atoms with E-state index >= 15 is 0 Å². The molecule has 0 nitrogen and oxygen atoms in total. The van der Waals surface area contributed by atoms with Gasteiger partial charge in [-0.2, -0.15) is 0 Å². The Hall–Kier alpha value is 0.393. The summed E-state index contributed by atoms with van der Waals surface area (Å²) in [5.74, 6) is 0.556. The van der Waals surface area contributed by atoms with E-state index in [2.05, 4.69) is 45.6 Å². The number of allylic oxidation sites excluding steroid dienone is 5. The first-order valence-electron chi connectivity index (χ1n) is 4.80. The van der Waals surface area contributed by atoms with Gasteiger partial charge in [0.1, 0.15) is 0 Å². The average Bonchev–Trinajstić information content (AvgIpc) is 2.54. The van der Waals surface area contributed by atoms with Crippen LogP contribution in [0.1, 0.15) is 27.2 Å². The fourth-order valence-corrected chi connectivity index (χ4v) is 4.37. The minimum absolute atomic E-state index is 0.247. The van der Waals surface area contributed by atoms with Crippen molar-refractivity contribution in [1.29, 1.82) is 0 Å². The molecule has 1 aliphatic carbocycles. The second-order valence-corrected chi connectivity index (χ2v) is 10.3. The van der Waals surface area contributed by atoms with Crippen LogP contribution < -0.4 is 0 Å². The molecule has 78 valence electrons. The molecule has 0 atom stereocenters. The molecule has 0 radical (unpaired) electrons. The molecule has 2 heteroatoms. The molecule has 0 fully saturated rings. The van der Waals surface area contributed by atoms with Crippen LogP contribution in [-0.2, 0) is 23.2 Å². The molecule has 0 bridgehead atoms. The third-order valence-corrected chi connectivity index (χ3v) is 5.18. The number of hydrogen-bond donors (Lipinski definition) is 0. The summed E-state index contributed by atoms with van der Waals surface area (Å²) in [6.07, 6.45) is 9.67. The summed E-state index contributed by atoms with van der Waals surface area (Å²) in [5, 5.41) is 0. The summed E-state index contributed by atoms with van der Waals surface area (Å²) in [7, 11) is 0. The van der Waals surface area contributed by atoms with E-state index < -0.39 is 0 Å². The molecule has 0 aromatic heterocycles.